The van der Waals surface area contributed by atoms with E-state index in [1.165, 1.54) is 12.4 Å². The van der Waals surface area contributed by atoms with E-state index in [9.17, 15) is 4.79 Å². The third-order valence-electron chi connectivity index (χ3n) is 2.81. The number of methoxy groups -OCH3 is 1. The first-order valence-corrected chi connectivity index (χ1v) is 5.91. The van der Waals surface area contributed by atoms with Crippen LogP contribution in [0.1, 0.15) is 30.8 Å². The van der Waals surface area contributed by atoms with Crippen molar-refractivity contribution < 1.29 is 14.6 Å². The van der Waals surface area contributed by atoms with Gasteiger partial charge < -0.3 is 14.7 Å². The van der Waals surface area contributed by atoms with Gasteiger partial charge in [-0.25, -0.2) is 14.8 Å². The number of aromatic nitrogens is 2. The zero-order valence-electron chi connectivity index (χ0n) is 11.0. The molecule has 1 N–H and O–H groups in total. The van der Waals surface area contributed by atoms with Crippen LogP contribution < -0.4 is 4.90 Å². The van der Waals surface area contributed by atoms with Crippen LogP contribution in [0.15, 0.2) is 12.4 Å². The highest BCUT2D eigenvalue weighted by molar-refractivity contribution is 5.90. The highest BCUT2D eigenvalue weighted by Gasteiger charge is 2.21. The van der Waals surface area contributed by atoms with Gasteiger partial charge in [0.25, 0.3) is 0 Å². The van der Waals surface area contributed by atoms with Crippen LogP contribution >= 0.6 is 0 Å². The fourth-order valence-electron chi connectivity index (χ4n) is 1.64. The van der Waals surface area contributed by atoms with Crippen LogP contribution in [-0.2, 0) is 4.74 Å². The molecule has 0 amide bonds. The summed E-state index contributed by atoms with van der Waals surface area (Å²) in [5.74, 6) is -0.666. The Morgan fingerprint density at radius 1 is 1.50 bits per heavy atom. The smallest absolute Gasteiger partial charge is 0.358 e. The number of aromatic carboxylic acids is 1. The maximum atomic E-state index is 11.2. The number of ether oxygens (including phenoxy) is 1. The maximum Gasteiger partial charge on any atom is 0.358 e. The number of carboxylic acid groups (broad SMARTS) is 1. The minimum Gasteiger partial charge on any atom is -0.476 e. The number of rotatable bonds is 7. The fraction of sp³-hybridized carbons (Fsp3) is 0.583. The molecule has 0 radical (unpaired) electrons. The van der Waals surface area contributed by atoms with E-state index >= 15 is 0 Å². The SMILES string of the molecule is CCC(C)N(CCOC)c1nccnc1C(=O)O. The maximum absolute atomic E-state index is 11.2. The van der Waals surface area contributed by atoms with Crippen LogP contribution in [-0.4, -0.2) is 47.3 Å². The number of carbonyl (C=O) groups is 1. The summed E-state index contributed by atoms with van der Waals surface area (Å²) in [4.78, 5) is 21.1. The lowest BCUT2D eigenvalue weighted by Gasteiger charge is -2.29. The van der Waals surface area contributed by atoms with E-state index in [1.54, 1.807) is 7.11 Å². The van der Waals surface area contributed by atoms with Crippen molar-refractivity contribution in [2.24, 2.45) is 0 Å². The van der Waals surface area contributed by atoms with Gasteiger partial charge in [0.1, 0.15) is 0 Å². The average Bonchev–Trinajstić information content (AvgIpc) is 2.39. The standard InChI is InChI=1S/C12H19N3O3/c1-4-9(2)15(7-8-18-3)11-10(12(16)17)13-5-6-14-11/h5-6,9H,4,7-8H2,1-3H3,(H,16,17). The van der Waals surface area contributed by atoms with Crippen molar-refractivity contribution >= 4 is 11.8 Å². The van der Waals surface area contributed by atoms with Gasteiger partial charge in [-0.3, -0.25) is 0 Å². The second kappa shape index (κ2) is 6.90. The van der Waals surface area contributed by atoms with Crippen LogP contribution in [0.2, 0.25) is 0 Å². The summed E-state index contributed by atoms with van der Waals surface area (Å²) in [6, 6.07) is 0.176. The van der Waals surface area contributed by atoms with Crippen LogP contribution in [0.4, 0.5) is 5.82 Å². The molecule has 0 fully saturated rings. The van der Waals surface area contributed by atoms with Gasteiger partial charge >= 0.3 is 5.97 Å². The Balaban J connectivity index is 3.07. The molecule has 0 aliphatic carbocycles. The first kappa shape index (κ1) is 14.4. The summed E-state index contributed by atoms with van der Waals surface area (Å²) in [6.07, 6.45) is 3.78. The molecule has 0 bridgehead atoms. The molecule has 1 unspecified atom stereocenters. The van der Waals surface area contributed by atoms with Crippen molar-refractivity contribution in [2.75, 3.05) is 25.2 Å². The molecule has 0 saturated heterocycles. The minimum absolute atomic E-state index is 0.0195. The predicted octanol–water partition coefficient (Wildman–Crippen LogP) is 1.43. The molecule has 1 aromatic rings. The van der Waals surface area contributed by atoms with Crippen molar-refractivity contribution in [2.45, 2.75) is 26.3 Å². The molecule has 1 aromatic heterocycles. The highest BCUT2D eigenvalue weighted by Crippen LogP contribution is 2.18. The quantitative estimate of drug-likeness (QED) is 0.792. The summed E-state index contributed by atoms with van der Waals surface area (Å²) in [6.45, 7) is 5.17. The fourth-order valence-corrected chi connectivity index (χ4v) is 1.64. The van der Waals surface area contributed by atoms with Gasteiger partial charge in [0.05, 0.1) is 6.61 Å². The van der Waals surface area contributed by atoms with E-state index in [2.05, 4.69) is 9.97 Å². The summed E-state index contributed by atoms with van der Waals surface area (Å²) in [5, 5.41) is 9.13. The first-order valence-electron chi connectivity index (χ1n) is 5.91. The highest BCUT2D eigenvalue weighted by atomic mass is 16.5. The Morgan fingerprint density at radius 2 is 2.17 bits per heavy atom. The van der Waals surface area contributed by atoms with Crippen LogP contribution in [0, 0.1) is 0 Å². The predicted molar refractivity (Wildman–Crippen MR) is 68.0 cm³/mol. The zero-order valence-corrected chi connectivity index (χ0v) is 11.0. The molecule has 100 valence electrons. The second-order valence-electron chi connectivity index (χ2n) is 3.98. The summed E-state index contributed by atoms with van der Waals surface area (Å²) >= 11 is 0. The van der Waals surface area contributed by atoms with Gasteiger partial charge in [0.15, 0.2) is 11.5 Å². The molecule has 0 spiro atoms. The monoisotopic (exact) mass is 253 g/mol. The van der Waals surface area contributed by atoms with Crippen LogP contribution in [0.5, 0.6) is 0 Å². The minimum atomic E-state index is -1.07. The Labute approximate surface area is 107 Å². The summed E-state index contributed by atoms with van der Waals surface area (Å²) < 4.78 is 5.05. The summed E-state index contributed by atoms with van der Waals surface area (Å²) in [5.41, 5.74) is -0.0195. The molecule has 0 aliphatic heterocycles. The van der Waals surface area contributed by atoms with Gasteiger partial charge in [-0.05, 0) is 13.3 Å². The Kier molecular flexibility index (Phi) is 5.51. The number of nitrogens with zero attached hydrogens (tertiary/aromatic N) is 3. The average molecular weight is 253 g/mol. The normalized spacial score (nSPS) is 12.2. The van der Waals surface area contributed by atoms with Crippen LogP contribution in [0.3, 0.4) is 0 Å². The van der Waals surface area contributed by atoms with E-state index in [0.717, 1.165) is 6.42 Å². The molecule has 1 rings (SSSR count). The zero-order chi connectivity index (χ0) is 13.5. The number of hydrogen-bond donors (Lipinski definition) is 1. The molecule has 6 nitrogen and oxygen atoms in total. The molecule has 0 aromatic carbocycles. The molecule has 6 heteroatoms. The van der Waals surface area contributed by atoms with Crippen LogP contribution in [0.25, 0.3) is 0 Å². The number of anilines is 1. The van der Waals surface area contributed by atoms with Gasteiger partial charge in [0.2, 0.25) is 0 Å². The lowest BCUT2D eigenvalue weighted by Crippen LogP contribution is -2.37. The van der Waals surface area contributed by atoms with E-state index in [-0.39, 0.29) is 11.7 Å². The largest absolute Gasteiger partial charge is 0.476 e. The number of hydrogen-bond acceptors (Lipinski definition) is 5. The Bertz CT molecular complexity index is 398. The topological polar surface area (TPSA) is 75.5 Å². The Morgan fingerprint density at radius 3 is 2.72 bits per heavy atom. The molecule has 18 heavy (non-hydrogen) atoms. The lowest BCUT2D eigenvalue weighted by atomic mass is 10.2. The van der Waals surface area contributed by atoms with Gasteiger partial charge in [-0.1, -0.05) is 6.92 Å². The second-order valence-corrected chi connectivity index (χ2v) is 3.98. The third kappa shape index (κ3) is 3.40. The van der Waals surface area contributed by atoms with Gasteiger partial charge in [0, 0.05) is 32.1 Å². The van der Waals surface area contributed by atoms with Gasteiger partial charge in [-0.2, -0.15) is 0 Å². The molecular formula is C12H19N3O3. The van der Waals surface area contributed by atoms with Crippen molar-refractivity contribution in [1.82, 2.24) is 9.97 Å². The lowest BCUT2D eigenvalue weighted by molar-refractivity contribution is 0.0690. The third-order valence-corrected chi connectivity index (χ3v) is 2.81. The molecule has 1 atom stereocenters. The summed E-state index contributed by atoms with van der Waals surface area (Å²) in [7, 11) is 1.61. The first-order chi connectivity index (χ1) is 8.61. The number of carboxylic acids is 1. The molecule has 0 aliphatic rings. The molecular weight excluding hydrogens is 234 g/mol. The van der Waals surface area contributed by atoms with Crippen molar-refractivity contribution in [3.63, 3.8) is 0 Å². The van der Waals surface area contributed by atoms with E-state index in [0.29, 0.717) is 19.0 Å². The van der Waals surface area contributed by atoms with Gasteiger partial charge in [-0.15, -0.1) is 0 Å². The van der Waals surface area contributed by atoms with Crippen molar-refractivity contribution in [1.29, 1.82) is 0 Å². The molecule has 1 heterocycles. The van der Waals surface area contributed by atoms with Crippen molar-refractivity contribution in [3.8, 4) is 0 Å². The van der Waals surface area contributed by atoms with E-state index < -0.39 is 5.97 Å². The molecule has 0 saturated carbocycles. The Hall–Kier alpha value is -1.69. The van der Waals surface area contributed by atoms with Crippen molar-refractivity contribution in [3.05, 3.63) is 18.1 Å². The van der Waals surface area contributed by atoms with E-state index in [4.69, 9.17) is 9.84 Å². The van der Waals surface area contributed by atoms with E-state index in [1.807, 2.05) is 18.7 Å².